The van der Waals surface area contributed by atoms with Gasteiger partial charge in [0, 0.05) is 56.7 Å². The summed E-state index contributed by atoms with van der Waals surface area (Å²) in [6.07, 6.45) is 4.70. The van der Waals surface area contributed by atoms with Crippen LogP contribution in [0.5, 0.6) is 5.75 Å². The Hall–Kier alpha value is -2.75. The third-order valence-corrected chi connectivity index (χ3v) is 6.40. The van der Waals surface area contributed by atoms with Crippen LogP contribution in [-0.2, 0) is 4.74 Å². The van der Waals surface area contributed by atoms with E-state index < -0.39 is 0 Å². The predicted octanol–water partition coefficient (Wildman–Crippen LogP) is 2.07. The molecule has 31 heavy (non-hydrogen) atoms. The second kappa shape index (κ2) is 7.74. The number of nitrogens with zero attached hydrogens (tertiary/aromatic N) is 5. The van der Waals surface area contributed by atoms with E-state index in [-0.39, 0.29) is 18.1 Å². The zero-order valence-electron chi connectivity index (χ0n) is 17.2. The molecule has 1 N–H and O–H groups in total. The first-order valence-electron chi connectivity index (χ1n) is 10.9. The van der Waals surface area contributed by atoms with E-state index in [2.05, 4.69) is 20.2 Å². The SMILES string of the molecule is Fc1ccc2cc1-c1cnn3ccc(nc13)NCCN1CC3OCCCN3C[C@@H]1CO2. The first-order valence-corrected chi connectivity index (χ1v) is 10.9. The summed E-state index contributed by atoms with van der Waals surface area (Å²) >= 11 is 0. The van der Waals surface area contributed by atoms with Crippen molar-refractivity contribution in [1.29, 1.82) is 0 Å². The molecule has 0 amide bonds. The molecule has 2 aromatic heterocycles. The maximum absolute atomic E-state index is 14.7. The number of hydrogen-bond acceptors (Lipinski definition) is 7. The summed E-state index contributed by atoms with van der Waals surface area (Å²) in [5.74, 6) is 1.09. The first-order chi connectivity index (χ1) is 15.2. The highest BCUT2D eigenvalue weighted by Crippen LogP contribution is 2.31. The molecule has 1 aromatic carbocycles. The summed E-state index contributed by atoms with van der Waals surface area (Å²) in [4.78, 5) is 9.54. The van der Waals surface area contributed by atoms with Crippen LogP contribution in [0.1, 0.15) is 6.42 Å². The van der Waals surface area contributed by atoms with E-state index >= 15 is 0 Å². The van der Waals surface area contributed by atoms with Gasteiger partial charge in [-0.25, -0.2) is 13.9 Å². The molecule has 2 atom stereocenters. The second-order valence-electron chi connectivity index (χ2n) is 8.34. The molecular weight excluding hydrogens is 399 g/mol. The van der Waals surface area contributed by atoms with Gasteiger partial charge in [0.2, 0.25) is 0 Å². The summed E-state index contributed by atoms with van der Waals surface area (Å²) < 4.78 is 28.6. The summed E-state index contributed by atoms with van der Waals surface area (Å²) in [5, 5.41) is 7.75. The van der Waals surface area contributed by atoms with E-state index in [0.717, 1.165) is 51.6 Å². The van der Waals surface area contributed by atoms with Gasteiger partial charge in [0.25, 0.3) is 0 Å². The zero-order valence-corrected chi connectivity index (χ0v) is 17.2. The van der Waals surface area contributed by atoms with Crippen LogP contribution in [0.15, 0.2) is 36.7 Å². The molecule has 4 bridgehead atoms. The predicted molar refractivity (Wildman–Crippen MR) is 114 cm³/mol. The molecule has 162 valence electrons. The zero-order chi connectivity index (χ0) is 20.8. The van der Waals surface area contributed by atoms with E-state index in [9.17, 15) is 4.39 Å². The monoisotopic (exact) mass is 424 g/mol. The molecule has 0 radical (unpaired) electrons. The quantitative estimate of drug-likeness (QED) is 0.593. The number of benzene rings is 1. The fraction of sp³-hybridized carbons (Fsp3) is 0.455. The standard InChI is InChI=1S/C22H25FN6O2/c23-19-3-2-16-10-17(19)18-11-25-29-7-4-20(26-22(18)29)24-5-8-27-13-21-28(6-1-9-30-21)12-15(27)14-31-16/h2-4,7,10-11,15,21H,1,5-6,8-9,12-14H2,(H,24,26)/t15-,21?/m1/s1. The number of piperazine rings is 1. The maximum atomic E-state index is 14.7. The van der Waals surface area contributed by atoms with E-state index in [1.807, 2.05) is 12.3 Å². The third-order valence-electron chi connectivity index (χ3n) is 6.40. The van der Waals surface area contributed by atoms with Gasteiger partial charge in [0.05, 0.1) is 12.2 Å². The van der Waals surface area contributed by atoms with Crippen LogP contribution in [0, 0.1) is 5.82 Å². The molecule has 1 unspecified atom stereocenters. The van der Waals surface area contributed by atoms with Gasteiger partial charge in [-0.3, -0.25) is 9.80 Å². The molecule has 3 aliphatic rings. The van der Waals surface area contributed by atoms with Crippen LogP contribution < -0.4 is 10.1 Å². The summed E-state index contributed by atoms with van der Waals surface area (Å²) in [5.41, 5.74) is 1.70. The van der Waals surface area contributed by atoms with Crippen LogP contribution >= 0.6 is 0 Å². The summed E-state index contributed by atoms with van der Waals surface area (Å²) in [6, 6.07) is 7.02. The number of anilines is 1. The lowest BCUT2D eigenvalue weighted by Crippen LogP contribution is -2.62. The van der Waals surface area contributed by atoms with Crippen molar-refractivity contribution in [2.75, 3.05) is 51.3 Å². The Kier molecular flexibility index (Phi) is 4.74. The van der Waals surface area contributed by atoms with Crippen LogP contribution in [-0.4, -0.2) is 82.6 Å². The third kappa shape index (κ3) is 3.52. The van der Waals surface area contributed by atoms with Crippen LogP contribution in [0.3, 0.4) is 0 Å². The average Bonchev–Trinajstić information content (AvgIpc) is 3.21. The number of halogens is 1. The summed E-state index contributed by atoms with van der Waals surface area (Å²) in [6.45, 7) is 5.78. The summed E-state index contributed by atoms with van der Waals surface area (Å²) in [7, 11) is 0. The topological polar surface area (TPSA) is 67.2 Å². The van der Waals surface area contributed by atoms with Gasteiger partial charge >= 0.3 is 0 Å². The average molecular weight is 424 g/mol. The number of rotatable bonds is 0. The lowest BCUT2D eigenvalue weighted by atomic mass is 10.1. The molecule has 3 aliphatic heterocycles. The van der Waals surface area contributed by atoms with Crippen molar-refractivity contribution in [3.63, 3.8) is 0 Å². The molecule has 0 spiro atoms. The number of nitrogens with one attached hydrogen (secondary N) is 1. The molecule has 9 heteroatoms. The minimum atomic E-state index is -0.317. The smallest absolute Gasteiger partial charge is 0.165 e. The Morgan fingerprint density at radius 2 is 2.06 bits per heavy atom. The molecule has 0 saturated carbocycles. The largest absolute Gasteiger partial charge is 0.492 e. The fourth-order valence-corrected chi connectivity index (χ4v) is 4.76. The Morgan fingerprint density at radius 3 is 3.03 bits per heavy atom. The van der Waals surface area contributed by atoms with Gasteiger partial charge in [-0.1, -0.05) is 0 Å². The van der Waals surface area contributed by atoms with Crippen molar-refractivity contribution in [1.82, 2.24) is 24.4 Å². The number of aromatic nitrogens is 3. The van der Waals surface area contributed by atoms with Gasteiger partial charge < -0.3 is 14.8 Å². The van der Waals surface area contributed by atoms with E-state index in [1.54, 1.807) is 22.8 Å². The van der Waals surface area contributed by atoms with Crippen LogP contribution in [0.4, 0.5) is 10.2 Å². The van der Waals surface area contributed by atoms with Crippen molar-refractivity contribution in [3.05, 3.63) is 42.5 Å². The number of ether oxygens (including phenoxy) is 2. The van der Waals surface area contributed by atoms with Gasteiger partial charge in [0.1, 0.15) is 30.2 Å². The Bertz CT molecular complexity index is 1100. The van der Waals surface area contributed by atoms with Gasteiger partial charge in [-0.15, -0.1) is 0 Å². The highest BCUT2D eigenvalue weighted by atomic mass is 19.1. The molecular formula is C22H25FN6O2. The first kappa shape index (κ1) is 19.0. The van der Waals surface area contributed by atoms with E-state index in [1.165, 1.54) is 6.07 Å². The molecule has 2 fully saturated rings. The fourth-order valence-electron chi connectivity index (χ4n) is 4.76. The minimum Gasteiger partial charge on any atom is -0.492 e. The molecule has 5 heterocycles. The molecule has 2 saturated heterocycles. The maximum Gasteiger partial charge on any atom is 0.165 e. The van der Waals surface area contributed by atoms with E-state index in [0.29, 0.717) is 29.1 Å². The van der Waals surface area contributed by atoms with Gasteiger partial charge in [-0.2, -0.15) is 5.10 Å². The van der Waals surface area contributed by atoms with Crippen molar-refractivity contribution in [2.24, 2.45) is 0 Å². The lowest BCUT2D eigenvalue weighted by molar-refractivity contribution is -0.147. The van der Waals surface area contributed by atoms with Crippen molar-refractivity contribution < 1.29 is 13.9 Å². The molecule has 3 aromatic rings. The van der Waals surface area contributed by atoms with E-state index in [4.69, 9.17) is 14.5 Å². The molecule has 8 nitrogen and oxygen atoms in total. The van der Waals surface area contributed by atoms with Crippen LogP contribution in [0.25, 0.3) is 16.8 Å². The second-order valence-corrected chi connectivity index (χ2v) is 8.34. The van der Waals surface area contributed by atoms with Gasteiger partial charge in [-0.05, 0) is 30.7 Å². The van der Waals surface area contributed by atoms with Crippen molar-refractivity contribution in [3.8, 4) is 16.9 Å². The number of hydrogen-bond donors (Lipinski definition) is 1. The number of fused-ring (bicyclic) bond motifs is 6. The Labute approximate surface area is 179 Å². The molecule has 0 aliphatic carbocycles. The highest BCUT2D eigenvalue weighted by Gasteiger charge is 2.36. The minimum absolute atomic E-state index is 0.144. The Balaban J connectivity index is 1.37. The molecule has 6 rings (SSSR count). The van der Waals surface area contributed by atoms with Crippen molar-refractivity contribution >= 4 is 11.5 Å². The van der Waals surface area contributed by atoms with Crippen LogP contribution in [0.2, 0.25) is 0 Å². The lowest BCUT2D eigenvalue weighted by Gasteiger charge is -2.47. The van der Waals surface area contributed by atoms with Gasteiger partial charge in [0.15, 0.2) is 5.65 Å². The van der Waals surface area contributed by atoms with Crippen molar-refractivity contribution in [2.45, 2.75) is 18.7 Å². The highest BCUT2D eigenvalue weighted by molar-refractivity contribution is 5.78. The Morgan fingerprint density at radius 1 is 1.10 bits per heavy atom. The normalized spacial score (nSPS) is 24.7.